The van der Waals surface area contributed by atoms with Gasteiger partial charge in [0.1, 0.15) is 22.6 Å². The summed E-state index contributed by atoms with van der Waals surface area (Å²) in [6.07, 6.45) is 0. The summed E-state index contributed by atoms with van der Waals surface area (Å²) in [6.45, 7) is 2.31. The zero-order chi connectivity index (χ0) is 15.9. The molecule has 110 valence electrons. The molecule has 0 amide bonds. The normalized spacial score (nSPS) is 10.8. The lowest BCUT2D eigenvalue weighted by Gasteiger charge is -2.13. The van der Waals surface area contributed by atoms with Crippen LogP contribution in [-0.2, 0) is 5.33 Å². The molecule has 7 heteroatoms. The van der Waals surface area contributed by atoms with Crippen molar-refractivity contribution in [3.8, 4) is 11.5 Å². The molecule has 0 unspecified atom stereocenters. The Hall–Kier alpha value is -2.15. The number of fused-ring (bicyclic) bond motifs is 1. The van der Waals surface area contributed by atoms with E-state index in [0.717, 1.165) is 19.9 Å². The first-order chi connectivity index (χ1) is 9.79. The monoisotopic (exact) mass is 354 g/mol. The maximum atomic E-state index is 11.8. The molecular weight excluding hydrogens is 344 g/mol. The Morgan fingerprint density at radius 1 is 1.14 bits per heavy atom. The summed E-state index contributed by atoms with van der Waals surface area (Å²) in [6, 6.07) is 1.14. The third kappa shape index (κ3) is 2.33. The summed E-state index contributed by atoms with van der Waals surface area (Å²) in [5, 5.41) is 20.6. The van der Waals surface area contributed by atoms with Crippen molar-refractivity contribution in [1.82, 2.24) is 0 Å². The highest BCUT2D eigenvalue weighted by atomic mass is 79.9. The van der Waals surface area contributed by atoms with Crippen LogP contribution in [0, 0.1) is 0 Å². The molecule has 0 aliphatic heterocycles. The predicted molar refractivity (Wildman–Crippen MR) is 78.5 cm³/mol. The molecule has 0 fully saturated rings. The van der Waals surface area contributed by atoms with Crippen LogP contribution in [0.2, 0.25) is 0 Å². The number of halogens is 1. The molecule has 0 saturated carbocycles. The molecule has 2 rings (SSSR count). The van der Waals surface area contributed by atoms with E-state index >= 15 is 0 Å². The minimum atomic E-state index is -0.728. The number of ketones is 2. The van der Waals surface area contributed by atoms with Crippen LogP contribution >= 0.6 is 15.9 Å². The van der Waals surface area contributed by atoms with Crippen LogP contribution in [0.3, 0.4) is 0 Å². The first-order valence-electron chi connectivity index (χ1n) is 5.92. The quantitative estimate of drug-likeness (QED) is 0.498. The summed E-state index contributed by atoms with van der Waals surface area (Å²) in [5.74, 6) is -2.40. The summed E-state index contributed by atoms with van der Waals surface area (Å²) >= 11 is 3.16. The molecule has 0 bridgehead atoms. The number of benzene rings is 1. The van der Waals surface area contributed by atoms with Gasteiger partial charge >= 0.3 is 5.63 Å². The number of phenols is 2. The van der Waals surface area contributed by atoms with E-state index < -0.39 is 28.7 Å². The van der Waals surface area contributed by atoms with Gasteiger partial charge in [-0.3, -0.25) is 9.59 Å². The number of Topliss-reactive ketones (excluding diaryl/α,β-unsaturated/α-hetero) is 2. The van der Waals surface area contributed by atoms with Gasteiger partial charge in [0.15, 0.2) is 17.1 Å². The fourth-order valence-corrected chi connectivity index (χ4v) is 2.65. The largest absolute Gasteiger partial charge is 0.506 e. The van der Waals surface area contributed by atoms with Crippen LogP contribution in [0.1, 0.15) is 40.1 Å². The van der Waals surface area contributed by atoms with Crippen LogP contribution < -0.4 is 5.63 Å². The average Bonchev–Trinajstić information content (AvgIpc) is 2.36. The molecule has 21 heavy (non-hydrogen) atoms. The Bertz CT molecular complexity index is 834. The van der Waals surface area contributed by atoms with Crippen molar-refractivity contribution in [1.29, 1.82) is 0 Å². The summed E-state index contributed by atoms with van der Waals surface area (Å²) in [5.41, 5.74) is -1.28. The van der Waals surface area contributed by atoms with Crippen LogP contribution in [0.5, 0.6) is 11.5 Å². The number of rotatable bonds is 3. The fraction of sp³-hybridized carbons (Fsp3) is 0.214. The standard InChI is InChI=1S/C14H11BrO6/c1-5(16)9-12(19)10(6(2)17)14-11(13(9)20)7(4-15)3-8(18)21-14/h3,19-20H,4H2,1-2H3. The van der Waals surface area contributed by atoms with Gasteiger partial charge in [0.25, 0.3) is 0 Å². The van der Waals surface area contributed by atoms with Gasteiger partial charge in [-0.05, 0) is 19.4 Å². The Morgan fingerprint density at radius 2 is 1.71 bits per heavy atom. The number of alkyl halides is 1. The predicted octanol–water partition coefficient (Wildman–Crippen LogP) is 2.50. The molecule has 1 aromatic carbocycles. The molecule has 0 aliphatic rings. The van der Waals surface area contributed by atoms with E-state index in [9.17, 15) is 24.6 Å². The first kappa shape index (κ1) is 15.2. The molecule has 6 nitrogen and oxygen atoms in total. The number of carbonyl (C=O) groups is 2. The highest BCUT2D eigenvalue weighted by Gasteiger charge is 2.27. The van der Waals surface area contributed by atoms with Crippen LogP contribution in [0.4, 0.5) is 0 Å². The highest BCUT2D eigenvalue weighted by molar-refractivity contribution is 9.08. The first-order valence-corrected chi connectivity index (χ1v) is 7.04. The Labute approximate surface area is 127 Å². The molecule has 0 spiro atoms. The van der Waals surface area contributed by atoms with Crippen molar-refractivity contribution >= 4 is 38.5 Å². The second-order valence-corrected chi connectivity index (χ2v) is 5.05. The highest BCUT2D eigenvalue weighted by Crippen LogP contribution is 2.41. The molecule has 0 saturated heterocycles. The number of carbonyl (C=O) groups excluding carboxylic acids is 2. The number of phenolic OH excluding ortho intramolecular Hbond substituents is 2. The Kier molecular flexibility index (Phi) is 3.87. The maximum Gasteiger partial charge on any atom is 0.336 e. The van der Waals surface area contributed by atoms with Gasteiger partial charge in [0.05, 0.1) is 5.39 Å². The molecule has 0 radical (unpaired) electrons. The second-order valence-electron chi connectivity index (χ2n) is 4.49. The van der Waals surface area contributed by atoms with Gasteiger partial charge in [-0.1, -0.05) is 15.9 Å². The number of hydrogen-bond donors (Lipinski definition) is 2. The van der Waals surface area contributed by atoms with Crippen molar-refractivity contribution in [3.05, 3.63) is 33.2 Å². The number of aromatic hydroxyl groups is 2. The van der Waals surface area contributed by atoms with Crippen LogP contribution in [0.15, 0.2) is 15.3 Å². The second kappa shape index (κ2) is 5.33. The van der Waals surface area contributed by atoms with Gasteiger partial charge < -0.3 is 14.6 Å². The average molecular weight is 355 g/mol. The number of hydrogen-bond acceptors (Lipinski definition) is 6. The summed E-state index contributed by atoms with van der Waals surface area (Å²) in [4.78, 5) is 34.9. The molecule has 1 aromatic heterocycles. The van der Waals surface area contributed by atoms with Crippen molar-refractivity contribution in [2.75, 3.05) is 0 Å². The lowest BCUT2D eigenvalue weighted by molar-refractivity contribution is 0.101. The van der Waals surface area contributed by atoms with Crippen molar-refractivity contribution in [2.45, 2.75) is 19.2 Å². The van der Waals surface area contributed by atoms with E-state index in [2.05, 4.69) is 15.9 Å². The van der Waals surface area contributed by atoms with Gasteiger partial charge in [0, 0.05) is 11.4 Å². The molecule has 0 aliphatic carbocycles. The molecular formula is C14H11BrO6. The third-order valence-corrected chi connectivity index (χ3v) is 3.67. The van der Waals surface area contributed by atoms with Gasteiger partial charge in [-0.2, -0.15) is 0 Å². The van der Waals surface area contributed by atoms with E-state index in [1.165, 1.54) is 0 Å². The third-order valence-electron chi connectivity index (χ3n) is 3.07. The summed E-state index contributed by atoms with van der Waals surface area (Å²) in [7, 11) is 0. The molecule has 2 N–H and O–H groups in total. The van der Waals surface area contributed by atoms with E-state index in [-0.39, 0.29) is 27.4 Å². The Morgan fingerprint density at radius 3 is 2.19 bits per heavy atom. The smallest absolute Gasteiger partial charge is 0.336 e. The zero-order valence-electron chi connectivity index (χ0n) is 11.2. The SMILES string of the molecule is CC(=O)c1c(O)c(C(C)=O)c2oc(=O)cc(CBr)c2c1O. The van der Waals surface area contributed by atoms with E-state index in [4.69, 9.17) is 4.42 Å². The molecule has 2 aromatic rings. The topological polar surface area (TPSA) is 105 Å². The van der Waals surface area contributed by atoms with E-state index in [0.29, 0.717) is 5.56 Å². The van der Waals surface area contributed by atoms with E-state index in [1.807, 2.05) is 0 Å². The maximum absolute atomic E-state index is 11.8. The van der Waals surface area contributed by atoms with Crippen molar-refractivity contribution in [2.24, 2.45) is 0 Å². The minimum absolute atomic E-state index is 0.0553. The molecule has 0 atom stereocenters. The lowest BCUT2D eigenvalue weighted by Crippen LogP contribution is -2.07. The van der Waals surface area contributed by atoms with Crippen molar-refractivity contribution in [3.63, 3.8) is 0 Å². The van der Waals surface area contributed by atoms with Gasteiger partial charge in [0.2, 0.25) is 0 Å². The minimum Gasteiger partial charge on any atom is -0.506 e. The van der Waals surface area contributed by atoms with E-state index in [1.54, 1.807) is 0 Å². The fourth-order valence-electron chi connectivity index (χ4n) is 2.21. The summed E-state index contributed by atoms with van der Waals surface area (Å²) < 4.78 is 4.96. The lowest BCUT2D eigenvalue weighted by atomic mass is 9.96. The zero-order valence-corrected chi connectivity index (χ0v) is 12.8. The van der Waals surface area contributed by atoms with Gasteiger partial charge in [-0.15, -0.1) is 0 Å². The van der Waals surface area contributed by atoms with Crippen molar-refractivity contribution < 1.29 is 24.2 Å². The Balaban J connectivity index is 3.20. The van der Waals surface area contributed by atoms with Crippen LogP contribution in [0.25, 0.3) is 11.0 Å². The van der Waals surface area contributed by atoms with Gasteiger partial charge in [-0.25, -0.2) is 4.79 Å². The molecule has 1 heterocycles. The van der Waals surface area contributed by atoms with Crippen LogP contribution in [-0.4, -0.2) is 21.8 Å².